The Balaban J connectivity index is 2.82. The summed E-state index contributed by atoms with van der Waals surface area (Å²) >= 11 is 0. The molecule has 81 valence electrons. The molecule has 0 atom stereocenters. The van der Waals surface area contributed by atoms with Gasteiger partial charge in [0.1, 0.15) is 0 Å². The fourth-order valence-corrected chi connectivity index (χ4v) is 1.33. The Labute approximate surface area is 89.2 Å². The smallest absolute Gasteiger partial charge is 0.0466 e. The molecule has 0 amide bonds. The number of ether oxygens (including phenoxy) is 1. The van der Waals surface area contributed by atoms with E-state index in [1.54, 1.807) is 0 Å². The van der Waals surface area contributed by atoms with Crippen molar-refractivity contribution in [1.29, 1.82) is 0 Å². The second kappa shape index (κ2) is 12.5. The Bertz CT molecular complexity index is 135. The van der Waals surface area contributed by atoms with Crippen LogP contribution in [0, 0.1) is 12.3 Å². The van der Waals surface area contributed by atoms with Crippen LogP contribution in [0.2, 0.25) is 0 Å². The molecular weight excluding hydrogens is 172 g/mol. The second-order valence-corrected chi connectivity index (χ2v) is 3.66. The summed E-state index contributed by atoms with van der Waals surface area (Å²) in [4.78, 5) is 0. The van der Waals surface area contributed by atoms with Gasteiger partial charge in [-0.1, -0.05) is 38.5 Å². The van der Waals surface area contributed by atoms with Crippen molar-refractivity contribution >= 4 is 0 Å². The van der Waals surface area contributed by atoms with E-state index >= 15 is 0 Å². The molecule has 0 aromatic heterocycles. The molecule has 0 unspecified atom stereocenters. The zero-order valence-corrected chi connectivity index (χ0v) is 9.48. The summed E-state index contributed by atoms with van der Waals surface area (Å²) in [7, 11) is 0. The van der Waals surface area contributed by atoms with E-state index in [-0.39, 0.29) is 0 Å². The highest BCUT2D eigenvalue weighted by molar-refractivity contribution is 4.74. The molecule has 0 aromatic carbocycles. The molecule has 0 aliphatic carbocycles. The first-order chi connectivity index (χ1) is 6.91. The van der Waals surface area contributed by atoms with Crippen LogP contribution in [0.15, 0.2) is 0 Å². The van der Waals surface area contributed by atoms with Gasteiger partial charge in [0.25, 0.3) is 0 Å². The van der Waals surface area contributed by atoms with Gasteiger partial charge in [0.15, 0.2) is 0 Å². The first-order valence-corrected chi connectivity index (χ1v) is 5.89. The fraction of sp³-hybridized carbons (Fsp3) is 0.846. The van der Waals surface area contributed by atoms with E-state index in [1.807, 2.05) is 0 Å². The third-order valence-corrected chi connectivity index (χ3v) is 2.23. The van der Waals surface area contributed by atoms with Crippen molar-refractivity contribution in [3.8, 4) is 5.92 Å². The predicted octanol–water partition coefficient (Wildman–Crippen LogP) is 3.73. The maximum absolute atomic E-state index is 6.73. The lowest BCUT2D eigenvalue weighted by Crippen LogP contribution is -1.96. The lowest BCUT2D eigenvalue weighted by atomic mass is 10.2. The van der Waals surface area contributed by atoms with Crippen LogP contribution in [0.3, 0.4) is 0 Å². The summed E-state index contributed by atoms with van der Waals surface area (Å²) in [5.41, 5.74) is 0. The van der Waals surface area contributed by atoms with Crippen molar-refractivity contribution in [3.05, 3.63) is 6.42 Å². The van der Waals surface area contributed by atoms with E-state index in [0.29, 0.717) is 0 Å². The van der Waals surface area contributed by atoms with Crippen molar-refractivity contribution in [3.63, 3.8) is 0 Å². The van der Waals surface area contributed by atoms with Gasteiger partial charge in [0, 0.05) is 19.6 Å². The van der Waals surface area contributed by atoms with Crippen molar-refractivity contribution < 1.29 is 4.74 Å². The van der Waals surface area contributed by atoms with Crippen LogP contribution in [0.1, 0.15) is 58.3 Å². The van der Waals surface area contributed by atoms with E-state index in [4.69, 9.17) is 11.2 Å². The van der Waals surface area contributed by atoms with E-state index < -0.39 is 0 Å². The lowest BCUT2D eigenvalue weighted by Gasteiger charge is -2.03. The van der Waals surface area contributed by atoms with Gasteiger partial charge in [-0.3, -0.25) is 0 Å². The maximum atomic E-state index is 6.73. The molecule has 0 aliphatic heterocycles. The van der Waals surface area contributed by atoms with Crippen molar-refractivity contribution in [2.75, 3.05) is 13.2 Å². The monoisotopic (exact) mass is 195 g/mol. The molecule has 0 heterocycles. The zero-order chi connectivity index (χ0) is 10.5. The van der Waals surface area contributed by atoms with E-state index in [2.05, 4.69) is 12.8 Å². The van der Waals surface area contributed by atoms with Crippen molar-refractivity contribution in [1.82, 2.24) is 0 Å². The van der Waals surface area contributed by atoms with Gasteiger partial charge in [0.2, 0.25) is 0 Å². The van der Waals surface area contributed by atoms with Gasteiger partial charge < -0.3 is 4.74 Å². The van der Waals surface area contributed by atoms with Crippen LogP contribution >= 0.6 is 0 Å². The standard InChI is InChI=1S/C13H23O/c1-3-5-7-9-11-13-14-12-10-8-6-4-2/h4-13H2,2H3. The molecule has 1 radical (unpaired) electrons. The van der Waals surface area contributed by atoms with E-state index in [9.17, 15) is 0 Å². The predicted molar refractivity (Wildman–Crippen MR) is 60.6 cm³/mol. The van der Waals surface area contributed by atoms with Crippen LogP contribution in [-0.2, 0) is 4.74 Å². The molecule has 14 heavy (non-hydrogen) atoms. The van der Waals surface area contributed by atoms with Crippen LogP contribution in [-0.4, -0.2) is 13.2 Å². The van der Waals surface area contributed by atoms with E-state index in [1.165, 1.54) is 32.1 Å². The molecule has 0 fully saturated rings. The van der Waals surface area contributed by atoms with Gasteiger partial charge in [-0.2, -0.15) is 0 Å². The maximum Gasteiger partial charge on any atom is 0.0466 e. The Morgan fingerprint density at radius 2 is 1.57 bits per heavy atom. The Morgan fingerprint density at radius 1 is 0.929 bits per heavy atom. The number of hydrogen-bond acceptors (Lipinski definition) is 1. The number of unbranched alkanes of at least 4 members (excludes halogenated alkanes) is 6. The number of rotatable bonds is 10. The fourth-order valence-electron chi connectivity index (χ4n) is 1.33. The molecule has 1 heteroatoms. The molecule has 0 aliphatic rings. The van der Waals surface area contributed by atoms with Gasteiger partial charge in [-0.25, -0.2) is 0 Å². The third kappa shape index (κ3) is 11.5. The van der Waals surface area contributed by atoms with Gasteiger partial charge in [-0.05, 0) is 25.7 Å². The second-order valence-electron chi connectivity index (χ2n) is 3.66. The van der Waals surface area contributed by atoms with Gasteiger partial charge >= 0.3 is 0 Å². The van der Waals surface area contributed by atoms with Crippen LogP contribution in [0.25, 0.3) is 0 Å². The first kappa shape index (κ1) is 13.5. The topological polar surface area (TPSA) is 9.23 Å². The minimum absolute atomic E-state index is 0.802. The number of hydrogen-bond donors (Lipinski definition) is 0. The van der Waals surface area contributed by atoms with Gasteiger partial charge in [-0.15, -0.1) is 0 Å². The normalized spacial score (nSPS) is 10.0. The minimum Gasteiger partial charge on any atom is -0.381 e. The molecule has 0 bridgehead atoms. The summed E-state index contributed by atoms with van der Waals surface area (Å²) in [6, 6.07) is 0. The highest BCUT2D eigenvalue weighted by Crippen LogP contribution is 2.01. The Hall–Kier alpha value is -0.480. The molecule has 0 rings (SSSR count). The van der Waals surface area contributed by atoms with Crippen molar-refractivity contribution in [2.45, 2.75) is 58.3 Å². The zero-order valence-electron chi connectivity index (χ0n) is 9.48. The summed E-state index contributed by atoms with van der Waals surface area (Å²) in [6.07, 6.45) is 16.1. The minimum atomic E-state index is 0.802. The molecule has 0 N–H and O–H groups in total. The molecule has 0 saturated carbocycles. The summed E-state index contributed by atoms with van der Waals surface area (Å²) < 4.78 is 5.49. The summed E-state index contributed by atoms with van der Waals surface area (Å²) in [6.45, 7) is 4.04. The largest absolute Gasteiger partial charge is 0.381 e. The highest BCUT2D eigenvalue weighted by Gasteiger charge is 1.90. The molecule has 0 aromatic rings. The molecular formula is C13H23O. The molecule has 0 spiro atoms. The Morgan fingerprint density at radius 3 is 2.14 bits per heavy atom. The Kier molecular flexibility index (Phi) is 12.1. The SMILES string of the molecule is [C]#CCCCCCOCCCCCC. The molecule has 0 saturated heterocycles. The summed E-state index contributed by atoms with van der Waals surface area (Å²) in [5, 5.41) is 0. The third-order valence-electron chi connectivity index (χ3n) is 2.23. The lowest BCUT2D eigenvalue weighted by molar-refractivity contribution is 0.126. The van der Waals surface area contributed by atoms with Crippen LogP contribution in [0.4, 0.5) is 0 Å². The van der Waals surface area contributed by atoms with Gasteiger partial charge in [0.05, 0.1) is 0 Å². The first-order valence-electron chi connectivity index (χ1n) is 5.89. The van der Waals surface area contributed by atoms with E-state index in [0.717, 1.165) is 32.5 Å². The molecule has 1 nitrogen and oxygen atoms in total. The van der Waals surface area contributed by atoms with Crippen LogP contribution in [0.5, 0.6) is 0 Å². The quantitative estimate of drug-likeness (QED) is 0.381. The average Bonchev–Trinajstić information content (AvgIpc) is 2.21. The average molecular weight is 195 g/mol. The highest BCUT2D eigenvalue weighted by atomic mass is 16.5. The van der Waals surface area contributed by atoms with Crippen molar-refractivity contribution in [2.24, 2.45) is 0 Å². The van der Waals surface area contributed by atoms with Crippen LogP contribution < -0.4 is 0 Å². The summed E-state index contributed by atoms with van der Waals surface area (Å²) in [5.74, 6) is 2.40.